The first-order valence-corrected chi connectivity index (χ1v) is 4.33. The molecule has 0 aliphatic heterocycles. The van der Waals surface area contributed by atoms with E-state index in [1.54, 1.807) is 0 Å². The highest BCUT2D eigenvalue weighted by atomic mass is 19.4. The van der Waals surface area contributed by atoms with Crippen LogP contribution in [0.15, 0.2) is 0 Å². The van der Waals surface area contributed by atoms with Gasteiger partial charge in [0.05, 0.1) is 0 Å². The molecule has 1 rings (SSSR count). The lowest BCUT2D eigenvalue weighted by molar-refractivity contribution is -0.317. The summed E-state index contributed by atoms with van der Waals surface area (Å²) >= 11 is 0. The van der Waals surface area contributed by atoms with Gasteiger partial charge in [-0.3, -0.25) is 4.79 Å². The van der Waals surface area contributed by atoms with Gasteiger partial charge in [0.2, 0.25) is 0 Å². The highest BCUT2D eigenvalue weighted by Gasteiger charge is 2.64. The molecule has 0 spiro atoms. The summed E-state index contributed by atoms with van der Waals surface area (Å²) in [7, 11) is 0. The molecule has 0 saturated heterocycles. The van der Waals surface area contributed by atoms with Crippen molar-refractivity contribution >= 4 is 5.78 Å². The molecule has 15 heavy (non-hydrogen) atoms. The van der Waals surface area contributed by atoms with Crippen molar-refractivity contribution in [3.05, 3.63) is 0 Å². The van der Waals surface area contributed by atoms with E-state index in [0.29, 0.717) is 0 Å². The molecule has 1 fully saturated rings. The Kier molecular flexibility index (Phi) is 3.04. The third kappa shape index (κ3) is 2.11. The Balaban J connectivity index is 2.83. The number of ketones is 1. The summed E-state index contributed by atoms with van der Waals surface area (Å²) in [6.45, 7) is 0. The van der Waals surface area contributed by atoms with Gasteiger partial charge in [-0.1, -0.05) is 0 Å². The van der Waals surface area contributed by atoms with Crippen molar-refractivity contribution in [3.63, 3.8) is 0 Å². The number of Topliss-reactive ketones (excluding diaryl/α,β-unsaturated/α-hetero) is 1. The van der Waals surface area contributed by atoms with Crippen LogP contribution >= 0.6 is 0 Å². The van der Waals surface area contributed by atoms with Crippen molar-refractivity contribution in [1.82, 2.24) is 0 Å². The molecule has 0 aromatic heterocycles. The fourth-order valence-corrected chi connectivity index (χ4v) is 1.60. The van der Waals surface area contributed by atoms with E-state index in [0.717, 1.165) is 0 Å². The lowest BCUT2D eigenvalue weighted by Crippen LogP contribution is -2.51. The first-order valence-electron chi connectivity index (χ1n) is 4.33. The van der Waals surface area contributed by atoms with Gasteiger partial charge in [0.15, 0.2) is 0 Å². The maximum absolute atomic E-state index is 12.6. The van der Waals surface area contributed by atoms with Gasteiger partial charge < -0.3 is 5.11 Å². The van der Waals surface area contributed by atoms with E-state index >= 15 is 0 Å². The zero-order chi connectivity index (χ0) is 11.9. The van der Waals surface area contributed by atoms with E-state index in [-0.39, 0.29) is 19.3 Å². The van der Waals surface area contributed by atoms with Crippen LogP contribution in [0.25, 0.3) is 0 Å². The Labute approximate surface area is 82.1 Å². The number of halogens is 5. The second kappa shape index (κ2) is 3.70. The molecule has 0 aromatic rings. The van der Waals surface area contributed by atoms with Crippen LogP contribution in [0.2, 0.25) is 0 Å². The first-order chi connectivity index (χ1) is 6.68. The van der Waals surface area contributed by atoms with Crippen molar-refractivity contribution in [2.75, 3.05) is 0 Å². The van der Waals surface area contributed by atoms with Crippen LogP contribution in [-0.2, 0) is 4.79 Å². The number of hydrogen-bond acceptors (Lipinski definition) is 2. The number of aliphatic hydroxyl groups excluding tert-OH is 1. The average molecular weight is 232 g/mol. The third-order valence-electron chi connectivity index (χ3n) is 2.48. The zero-order valence-corrected chi connectivity index (χ0v) is 7.52. The van der Waals surface area contributed by atoms with Crippen LogP contribution < -0.4 is 0 Å². The Morgan fingerprint density at radius 1 is 1.27 bits per heavy atom. The number of carbonyl (C=O) groups excluding carboxylic acids is 1. The van der Waals surface area contributed by atoms with Crippen molar-refractivity contribution in [3.8, 4) is 0 Å². The predicted octanol–water partition coefficient (Wildman–Crippen LogP) is 1.91. The molecular formula is C8H9F5O2. The van der Waals surface area contributed by atoms with Crippen molar-refractivity contribution < 1.29 is 31.9 Å². The number of carbonyl (C=O) groups is 1. The lowest BCUT2D eigenvalue weighted by atomic mass is 9.94. The molecule has 1 saturated carbocycles. The minimum Gasteiger partial charge on any atom is -0.386 e. The monoisotopic (exact) mass is 232 g/mol. The molecule has 88 valence electrons. The van der Waals surface area contributed by atoms with Crippen LogP contribution in [0.3, 0.4) is 0 Å². The van der Waals surface area contributed by atoms with Crippen molar-refractivity contribution in [2.24, 2.45) is 5.92 Å². The molecule has 1 aliphatic rings. The average Bonchev–Trinajstić information content (AvgIpc) is 2.48. The first kappa shape index (κ1) is 12.4. The largest absolute Gasteiger partial charge is 0.456 e. The molecule has 2 atom stereocenters. The van der Waals surface area contributed by atoms with Crippen LogP contribution in [0.4, 0.5) is 22.0 Å². The van der Waals surface area contributed by atoms with Crippen LogP contribution in [0.1, 0.15) is 19.3 Å². The molecule has 7 heteroatoms. The maximum Gasteiger partial charge on any atom is 0.456 e. The number of rotatable bonds is 2. The second-order valence-corrected chi connectivity index (χ2v) is 3.53. The van der Waals surface area contributed by atoms with Gasteiger partial charge in [-0.05, 0) is 12.8 Å². The number of hydrogen-bond donors (Lipinski definition) is 1. The highest BCUT2D eigenvalue weighted by Crippen LogP contribution is 2.42. The van der Waals surface area contributed by atoms with Crippen molar-refractivity contribution in [2.45, 2.75) is 37.5 Å². The van der Waals surface area contributed by atoms with E-state index in [4.69, 9.17) is 5.11 Å². The fraction of sp³-hybridized carbons (Fsp3) is 0.875. The Morgan fingerprint density at radius 3 is 2.13 bits per heavy atom. The third-order valence-corrected chi connectivity index (χ3v) is 2.48. The fourth-order valence-electron chi connectivity index (χ4n) is 1.60. The van der Waals surface area contributed by atoms with E-state index in [1.807, 2.05) is 0 Å². The highest BCUT2D eigenvalue weighted by molar-refractivity contribution is 5.83. The Bertz CT molecular complexity index is 260. The van der Waals surface area contributed by atoms with Gasteiger partial charge in [0.25, 0.3) is 0 Å². The minimum absolute atomic E-state index is 0.0460. The van der Waals surface area contributed by atoms with Gasteiger partial charge in [-0.25, -0.2) is 0 Å². The summed E-state index contributed by atoms with van der Waals surface area (Å²) < 4.78 is 60.8. The van der Waals surface area contributed by atoms with Gasteiger partial charge in [-0.2, -0.15) is 22.0 Å². The van der Waals surface area contributed by atoms with Crippen molar-refractivity contribution in [1.29, 1.82) is 0 Å². The molecular weight excluding hydrogens is 223 g/mol. The molecule has 0 heterocycles. The smallest absolute Gasteiger partial charge is 0.386 e. The number of alkyl halides is 5. The van der Waals surface area contributed by atoms with E-state index in [2.05, 4.69) is 0 Å². The molecule has 0 radical (unpaired) electrons. The standard InChI is InChI=1S/C8H9F5O2/c9-7(10,8(11,12)13)6(15)4-2-1-3-5(4)14/h4,6,15H,1-3H2/t4-,6-/m1/s1. The lowest BCUT2D eigenvalue weighted by Gasteiger charge is -2.27. The minimum atomic E-state index is -5.82. The SMILES string of the molecule is O=C1CCC[C@H]1[C@@H](O)C(F)(F)C(F)(F)F. The molecule has 1 aliphatic carbocycles. The molecule has 2 nitrogen and oxygen atoms in total. The van der Waals surface area contributed by atoms with Crippen LogP contribution in [-0.4, -0.2) is 29.1 Å². The Hall–Kier alpha value is -0.720. The number of aliphatic hydroxyl groups is 1. The van der Waals surface area contributed by atoms with Crippen LogP contribution in [0, 0.1) is 5.92 Å². The zero-order valence-electron chi connectivity index (χ0n) is 7.52. The molecule has 0 aromatic carbocycles. The normalized spacial score (nSPS) is 25.7. The van der Waals surface area contributed by atoms with Gasteiger partial charge in [-0.15, -0.1) is 0 Å². The molecule has 0 amide bonds. The van der Waals surface area contributed by atoms with E-state index < -0.39 is 29.9 Å². The van der Waals surface area contributed by atoms with Gasteiger partial charge in [0.1, 0.15) is 11.9 Å². The second-order valence-electron chi connectivity index (χ2n) is 3.53. The summed E-state index contributed by atoms with van der Waals surface area (Å²) in [5.41, 5.74) is 0. The van der Waals surface area contributed by atoms with Gasteiger partial charge in [0, 0.05) is 12.3 Å². The summed E-state index contributed by atoms with van der Waals surface area (Å²) in [6, 6.07) is 0. The summed E-state index contributed by atoms with van der Waals surface area (Å²) in [4.78, 5) is 10.9. The summed E-state index contributed by atoms with van der Waals surface area (Å²) in [5.74, 6) is -7.55. The van der Waals surface area contributed by atoms with Gasteiger partial charge >= 0.3 is 12.1 Å². The summed E-state index contributed by atoms with van der Waals surface area (Å²) in [5, 5.41) is 8.89. The van der Waals surface area contributed by atoms with E-state index in [1.165, 1.54) is 0 Å². The quantitative estimate of drug-likeness (QED) is 0.738. The van der Waals surface area contributed by atoms with Crippen LogP contribution in [0.5, 0.6) is 0 Å². The Morgan fingerprint density at radius 2 is 1.80 bits per heavy atom. The predicted molar refractivity (Wildman–Crippen MR) is 39.4 cm³/mol. The molecule has 0 unspecified atom stereocenters. The summed E-state index contributed by atoms with van der Waals surface area (Å²) in [6.07, 6.45) is -8.71. The van der Waals surface area contributed by atoms with E-state index in [9.17, 15) is 26.7 Å². The molecule has 1 N–H and O–H groups in total. The molecule has 0 bridgehead atoms. The maximum atomic E-state index is 12.6. The topological polar surface area (TPSA) is 37.3 Å².